The summed E-state index contributed by atoms with van der Waals surface area (Å²) in [6.45, 7) is 2.23. The van der Waals surface area contributed by atoms with E-state index in [2.05, 4.69) is 14.9 Å². The first kappa shape index (κ1) is 16.1. The number of nitrogens with zero attached hydrogens (tertiary/aromatic N) is 3. The van der Waals surface area contributed by atoms with E-state index >= 15 is 0 Å². The predicted molar refractivity (Wildman–Crippen MR) is 82.3 cm³/mol. The summed E-state index contributed by atoms with van der Waals surface area (Å²) in [5.74, 6) is -1.62. The van der Waals surface area contributed by atoms with Crippen molar-refractivity contribution in [2.75, 3.05) is 13.1 Å². The van der Waals surface area contributed by atoms with Crippen LogP contribution in [0.25, 0.3) is 0 Å². The molecule has 0 unspecified atom stereocenters. The zero-order chi connectivity index (χ0) is 16.2. The number of hydrogen-bond acceptors (Lipinski definition) is 4. The Bertz CT molecular complexity index is 661. The summed E-state index contributed by atoms with van der Waals surface area (Å²) in [4.78, 5) is 10.2. The van der Waals surface area contributed by atoms with Crippen LogP contribution in [0, 0.1) is 11.6 Å². The third-order valence-electron chi connectivity index (χ3n) is 3.79. The molecule has 1 fully saturated rings. The Hall–Kier alpha value is -1.79. The lowest BCUT2D eigenvalue weighted by molar-refractivity contribution is 0.0892. The second-order valence-electron chi connectivity index (χ2n) is 5.53. The first-order valence-electron chi connectivity index (χ1n) is 7.40. The van der Waals surface area contributed by atoms with Crippen LogP contribution in [0.2, 0.25) is 5.02 Å². The molecule has 2 aromatic rings. The maximum absolute atomic E-state index is 13.2. The molecule has 2 heterocycles. The molecule has 0 saturated carbocycles. The second kappa shape index (κ2) is 7.19. The maximum Gasteiger partial charge on any atom is 0.316 e. The molecule has 1 aliphatic rings. The number of piperidine rings is 1. The molecule has 3 rings (SSSR count). The van der Waals surface area contributed by atoms with E-state index in [0.717, 1.165) is 31.5 Å². The average molecular weight is 340 g/mol. The molecule has 0 amide bonds. The monoisotopic (exact) mass is 339 g/mol. The standard InChI is InChI=1S/C16H16ClF2N3O/c17-12-8-20-16(21-9-12)23-13-3-5-22(6-4-13)10-11-1-2-14(18)15(19)7-11/h1-2,7-9,13H,3-6,10H2. The van der Waals surface area contributed by atoms with Gasteiger partial charge in [0, 0.05) is 19.6 Å². The number of aromatic nitrogens is 2. The first-order valence-corrected chi connectivity index (χ1v) is 7.78. The maximum atomic E-state index is 13.2. The smallest absolute Gasteiger partial charge is 0.316 e. The fraction of sp³-hybridized carbons (Fsp3) is 0.375. The van der Waals surface area contributed by atoms with Crippen LogP contribution in [0.3, 0.4) is 0 Å². The normalized spacial score (nSPS) is 16.5. The number of rotatable bonds is 4. The van der Waals surface area contributed by atoms with Gasteiger partial charge in [0.25, 0.3) is 0 Å². The number of benzene rings is 1. The topological polar surface area (TPSA) is 38.2 Å². The van der Waals surface area contributed by atoms with Crippen molar-refractivity contribution in [3.05, 3.63) is 52.8 Å². The van der Waals surface area contributed by atoms with E-state index in [9.17, 15) is 8.78 Å². The molecule has 1 aromatic carbocycles. The molecule has 0 N–H and O–H groups in total. The van der Waals surface area contributed by atoms with Gasteiger partial charge in [-0.3, -0.25) is 4.90 Å². The number of hydrogen-bond donors (Lipinski definition) is 0. The summed E-state index contributed by atoms with van der Waals surface area (Å²) in [5.41, 5.74) is 0.768. The lowest BCUT2D eigenvalue weighted by atomic mass is 10.1. The van der Waals surface area contributed by atoms with Gasteiger partial charge in [-0.2, -0.15) is 0 Å². The highest BCUT2D eigenvalue weighted by molar-refractivity contribution is 6.30. The minimum absolute atomic E-state index is 0.0531. The average Bonchev–Trinajstić information content (AvgIpc) is 2.55. The van der Waals surface area contributed by atoms with Crippen molar-refractivity contribution >= 4 is 11.6 Å². The van der Waals surface area contributed by atoms with Crippen LogP contribution < -0.4 is 4.74 Å². The highest BCUT2D eigenvalue weighted by atomic mass is 35.5. The van der Waals surface area contributed by atoms with Crippen LogP contribution >= 0.6 is 11.6 Å². The van der Waals surface area contributed by atoms with Crippen molar-refractivity contribution in [3.63, 3.8) is 0 Å². The summed E-state index contributed by atoms with van der Waals surface area (Å²) in [7, 11) is 0. The Kier molecular flexibility index (Phi) is 5.03. The number of halogens is 3. The van der Waals surface area contributed by atoms with Crippen molar-refractivity contribution in [1.82, 2.24) is 14.9 Å². The van der Waals surface area contributed by atoms with Gasteiger partial charge >= 0.3 is 6.01 Å². The number of likely N-dealkylation sites (tertiary alicyclic amines) is 1. The first-order chi connectivity index (χ1) is 11.1. The molecule has 7 heteroatoms. The van der Waals surface area contributed by atoms with Crippen LogP contribution in [0.4, 0.5) is 8.78 Å². The van der Waals surface area contributed by atoms with Crippen molar-refractivity contribution < 1.29 is 13.5 Å². The molecule has 0 bridgehead atoms. The fourth-order valence-electron chi connectivity index (χ4n) is 2.59. The Morgan fingerprint density at radius 3 is 2.48 bits per heavy atom. The molecule has 0 aliphatic carbocycles. The molecule has 1 aromatic heterocycles. The summed E-state index contributed by atoms with van der Waals surface area (Å²) >= 11 is 5.73. The molecular weight excluding hydrogens is 324 g/mol. The quantitative estimate of drug-likeness (QED) is 0.855. The van der Waals surface area contributed by atoms with Crippen LogP contribution in [0.15, 0.2) is 30.6 Å². The van der Waals surface area contributed by atoms with Crippen LogP contribution in [-0.4, -0.2) is 34.1 Å². The van der Waals surface area contributed by atoms with Gasteiger partial charge in [0.15, 0.2) is 11.6 Å². The zero-order valence-electron chi connectivity index (χ0n) is 12.4. The minimum atomic E-state index is -0.816. The lowest BCUT2D eigenvalue weighted by Gasteiger charge is -2.31. The van der Waals surface area contributed by atoms with Crippen LogP contribution in [0.5, 0.6) is 6.01 Å². The minimum Gasteiger partial charge on any atom is -0.460 e. The molecule has 0 atom stereocenters. The number of ether oxygens (including phenoxy) is 1. The van der Waals surface area contributed by atoms with Crippen molar-refractivity contribution in [2.24, 2.45) is 0 Å². The van der Waals surface area contributed by atoms with E-state index in [1.807, 2.05) is 0 Å². The summed E-state index contributed by atoms with van der Waals surface area (Å²) in [5, 5.41) is 0.471. The second-order valence-corrected chi connectivity index (χ2v) is 5.96. The van der Waals surface area contributed by atoms with E-state index in [1.54, 1.807) is 6.07 Å². The largest absolute Gasteiger partial charge is 0.460 e. The van der Waals surface area contributed by atoms with Crippen molar-refractivity contribution in [1.29, 1.82) is 0 Å². The molecule has 1 aliphatic heterocycles. The van der Waals surface area contributed by atoms with E-state index < -0.39 is 11.6 Å². The van der Waals surface area contributed by atoms with E-state index in [4.69, 9.17) is 16.3 Å². The van der Waals surface area contributed by atoms with Gasteiger partial charge in [-0.25, -0.2) is 18.7 Å². The highest BCUT2D eigenvalue weighted by Crippen LogP contribution is 2.19. The van der Waals surface area contributed by atoms with E-state index in [1.165, 1.54) is 24.5 Å². The predicted octanol–water partition coefficient (Wildman–Crippen LogP) is 3.45. The molecular formula is C16H16ClF2N3O. The third kappa shape index (κ3) is 4.36. The highest BCUT2D eigenvalue weighted by Gasteiger charge is 2.21. The molecule has 0 spiro atoms. The van der Waals surface area contributed by atoms with Crippen molar-refractivity contribution in [2.45, 2.75) is 25.5 Å². The van der Waals surface area contributed by atoms with Gasteiger partial charge in [-0.1, -0.05) is 17.7 Å². The Labute approximate surface area is 138 Å². The molecule has 23 heavy (non-hydrogen) atoms. The van der Waals surface area contributed by atoms with Gasteiger partial charge in [0.05, 0.1) is 17.4 Å². The van der Waals surface area contributed by atoms with Crippen LogP contribution in [0.1, 0.15) is 18.4 Å². The van der Waals surface area contributed by atoms with Crippen molar-refractivity contribution in [3.8, 4) is 6.01 Å². The van der Waals surface area contributed by atoms with E-state index in [-0.39, 0.29) is 6.10 Å². The van der Waals surface area contributed by atoms with Gasteiger partial charge in [-0.05, 0) is 30.5 Å². The summed E-state index contributed by atoms with van der Waals surface area (Å²) in [6, 6.07) is 4.36. The lowest BCUT2D eigenvalue weighted by Crippen LogP contribution is -2.38. The van der Waals surface area contributed by atoms with E-state index in [0.29, 0.717) is 17.6 Å². The Balaban J connectivity index is 1.50. The van der Waals surface area contributed by atoms with Gasteiger partial charge in [-0.15, -0.1) is 0 Å². The van der Waals surface area contributed by atoms with Gasteiger partial charge < -0.3 is 4.74 Å². The third-order valence-corrected chi connectivity index (χ3v) is 3.99. The summed E-state index contributed by atoms with van der Waals surface area (Å²) < 4.78 is 31.9. The zero-order valence-corrected chi connectivity index (χ0v) is 13.1. The Morgan fingerprint density at radius 2 is 1.83 bits per heavy atom. The van der Waals surface area contributed by atoms with Crippen LogP contribution in [-0.2, 0) is 6.54 Å². The fourth-order valence-corrected chi connectivity index (χ4v) is 2.69. The summed E-state index contributed by atoms with van der Waals surface area (Å²) in [6.07, 6.45) is 4.72. The molecule has 122 valence electrons. The van der Waals surface area contributed by atoms with Gasteiger partial charge in [0.1, 0.15) is 6.10 Å². The van der Waals surface area contributed by atoms with Gasteiger partial charge in [0.2, 0.25) is 0 Å². The SMILES string of the molecule is Fc1ccc(CN2CCC(Oc3ncc(Cl)cn3)CC2)cc1F. The molecule has 0 radical (unpaired) electrons. The molecule has 1 saturated heterocycles. The Morgan fingerprint density at radius 1 is 1.13 bits per heavy atom. The molecule has 4 nitrogen and oxygen atoms in total.